The molecule has 4 saturated carbocycles. The lowest BCUT2D eigenvalue weighted by Crippen LogP contribution is -2.61. The van der Waals surface area contributed by atoms with E-state index in [2.05, 4.69) is 6.92 Å². The second-order valence-electron chi connectivity index (χ2n) is 12.6. The molecule has 1 saturated heterocycles. The minimum absolute atomic E-state index is 0.00567. The zero-order valence-electron chi connectivity index (χ0n) is 25.0. The van der Waals surface area contributed by atoms with Crippen molar-refractivity contribution in [3.8, 4) is 0 Å². The highest BCUT2D eigenvalue weighted by atomic mass is 16.7. The Morgan fingerprint density at radius 1 is 1.03 bits per heavy atom. The number of ether oxygens (including phenoxy) is 2. The zero-order valence-corrected chi connectivity index (χ0v) is 21.0. The van der Waals surface area contributed by atoms with Crippen LogP contribution in [0.25, 0.3) is 0 Å². The summed E-state index contributed by atoms with van der Waals surface area (Å²) < 4.78 is 43.0. The van der Waals surface area contributed by atoms with Crippen LogP contribution in [0.5, 0.6) is 0 Å². The lowest BCUT2D eigenvalue weighted by atomic mass is 9.44. The molecule has 36 heavy (non-hydrogen) atoms. The number of hydrogen-bond donors (Lipinski definition) is 6. The summed E-state index contributed by atoms with van der Waals surface area (Å²) in [6.07, 6.45) is -5.66. The van der Waals surface area contributed by atoms with E-state index in [0.717, 1.165) is 25.7 Å². The Morgan fingerprint density at radius 3 is 2.44 bits per heavy atom. The average Bonchev–Trinajstić information content (AvgIpc) is 3.15. The molecule has 14 atom stereocenters. The van der Waals surface area contributed by atoms with Crippen LogP contribution in [0.2, 0.25) is 0 Å². The van der Waals surface area contributed by atoms with E-state index >= 15 is 0 Å². The van der Waals surface area contributed by atoms with Crippen LogP contribution in [0, 0.1) is 34.5 Å². The van der Waals surface area contributed by atoms with Gasteiger partial charge in [0.05, 0.1) is 19.2 Å². The maximum absolute atomic E-state index is 11.7. The molecule has 5 rings (SSSR count). The number of carboxylic acid groups (broad SMARTS) is 1. The van der Waals surface area contributed by atoms with Gasteiger partial charge in [-0.05, 0) is 93.7 Å². The van der Waals surface area contributed by atoms with Gasteiger partial charge in [-0.3, -0.25) is 0 Å². The van der Waals surface area contributed by atoms with Crippen LogP contribution < -0.4 is 0 Å². The Labute approximate surface area is 218 Å². The molecular formula is C27H44O9. The van der Waals surface area contributed by atoms with E-state index in [1.807, 2.05) is 6.92 Å². The van der Waals surface area contributed by atoms with E-state index in [4.69, 9.17) is 15.0 Å². The molecule has 0 spiro atoms. The van der Waals surface area contributed by atoms with Gasteiger partial charge in [-0.1, -0.05) is 13.8 Å². The van der Waals surface area contributed by atoms with Crippen molar-refractivity contribution in [1.82, 2.24) is 0 Å². The molecule has 0 aromatic heterocycles. The summed E-state index contributed by atoms with van der Waals surface area (Å²) in [5.74, 6) is -0.625. The molecule has 1 aliphatic heterocycles. The minimum atomic E-state index is -3.03. The topological polar surface area (TPSA) is 157 Å². The second kappa shape index (κ2) is 9.14. The largest absolute Gasteiger partial charge is 0.479 e. The Bertz CT molecular complexity index is 996. The number of carbonyl (C=O) groups is 1. The fraction of sp³-hybridized carbons (Fsp3) is 0.963. The third-order valence-corrected chi connectivity index (χ3v) is 11.3. The molecule has 4 aliphatic carbocycles. The molecule has 9 nitrogen and oxygen atoms in total. The lowest BCUT2D eigenvalue weighted by Gasteiger charge is -2.62. The smallest absolute Gasteiger partial charge is 0.335 e. The van der Waals surface area contributed by atoms with Crippen LogP contribution in [0.3, 0.4) is 0 Å². The summed E-state index contributed by atoms with van der Waals surface area (Å²) in [4.78, 5) is 11.5. The summed E-state index contributed by atoms with van der Waals surface area (Å²) in [5.41, 5.74) is -2.96. The number of rotatable bonds is 4. The Balaban J connectivity index is 1.29. The quantitative estimate of drug-likeness (QED) is 0.304. The van der Waals surface area contributed by atoms with E-state index < -0.39 is 60.6 Å². The molecule has 5 fully saturated rings. The summed E-state index contributed by atoms with van der Waals surface area (Å²) in [6.45, 7) is 1.10. The van der Waals surface area contributed by atoms with Crippen molar-refractivity contribution in [2.24, 2.45) is 34.5 Å². The predicted octanol–water partition coefficient (Wildman–Crippen LogP) is 1.42. The predicted molar refractivity (Wildman–Crippen MR) is 128 cm³/mol. The van der Waals surface area contributed by atoms with Gasteiger partial charge >= 0.3 is 5.97 Å². The molecule has 0 aromatic rings. The zero-order chi connectivity index (χ0) is 29.6. The molecule has 0 amide bonds. The number of aliphatic carboxylic acids is 1. The van der Waals surface area contributed by atoms with Gasteiger partial charge in [-0.25, -0.2) is 4.79 Å². The van der Waals surface area contributed by atoms with Crippen molar-refractivity contribution >= 4 is 5.97 Å². The van der Waals surface area contributed by atoms with Gasteiger partial charge in [0.25, 0.3) is 0 Å². The van der Waals surface area contributed by atoms with Gasteiger partial charge in [-0.15, -0.1) is 0 Å². The lowest BCUT2D eigenvalue weighted by molar-refractivity contribution is -0.309. The van der Waals surface area contributed by atoms with Crippen molar-refractivity contribution < 1.29 is 50.4 Å². The van der Waals surface area contributed by atoms with Crippen molar-refractivity contribution in [1.29, 1.82) is 0 Å². The molecule has 1 unspecified atom stereocenters. The Kier molecular flexibility index (Phi) is 5.60. The molecule has 6 N–H and O–H groups in total. The van der Waals surface area contributed by atoms with Crippen molar-refractivity contribution in [2.45, 2.75) is 127 Å². The fourth-order valence-corrected chi connectivity index (χ4v) is 9.10. The second-order valence-corrected chi connectivity index (χ2v) is 12.6. The highest BCUT2D eigenvalue weighted by Crippen LogP contribution is 2.68. The molecule has 5 aliphatic rings. The summed E-state index contributed by atoms with van der Waals surface area (Å²) in [6, 6.07) is 0. The van der Waals surface area contributed by atoms with Crippen LogP contribution >= 0.6 is 0 Å². The van der Waals surface area contributed by atoms with E-state index in [9.17, 15) is 35.4 Å². The SMILES string of the molecule is [2H]C([2H])([2H])C([2H])(O)[C@@]1(O)CC[C@H]2[C@@H]3CC[C@@H]4C[C@H](O[C@@H]5O[C@H](C(=O)O)[C@@H](O)[C@H](O)[C@H]5O)CC[C@]4(C)[C@H]3CC[C@@]21C. The van der Waals surface area contributed by atoms with Gasteiger partial charge in [0.1, 0.15) is 18.3 Å². The number of aliphatic hydroxyl groups excluding tert-OH is 3. The average molecular weight is 517 g/mol. The van der Waals surface area contributed by atoms with Gasteiger partial charge in [0.2, 0.25) is 0 Å². The Hall–Kier alpha value is -0.810. The van der Waals surface area contributed by atoms with Gasteiger partial charge < -0.3 is 40.1 Å². The third kappa shape index (κ3) is 3.80. The molecular weight excluding hydrogens is 468 g/mol. The maximum Gasteiger partial charge on any atom is 0.335 e. The van der Waals surface area contributed by atoms with Crippen LogP contribution in [-0.2, 0) is 14.3 Å². The van der Waals surface area contributed by atoms with Crippen LogP contribution in [0.1, 0.15) is 84.0 Å². The highest BCUT2D eigenvalue weighted by molar-refractivity contribution is 5.73. The summed E-state index contributed by atoms with van der Waals surface area (Å²) >= 11 is 0. The number of hydrogen-bond acceptors (Lipinski definition) is 8. The van der Waals surface area contributed by atoms with E-state index in [-0.39, 0.29) is 35.7 Å². The fourth-order valence-electron chi connectivity index (χ4n) is 9.10. The maximum atomic E-state index is 11.7. The highest BCUT2D eigenvalue weighted by Gasteiger charge is 2.66. The molecule has 206 valence electrons. The number of aliphatic hydroxyl groups is 5. The Morgan fingerprint density at radius 2 is 1.75 bits per heavy atom. The van der Waals surface area contributed by atoms with Crippen molar-refractivity contribution in [3.63, 3.8) is 0 Å². The van der Waals surface area contributed by atoms with Crippen LogP contribution in [0.15, 0.2) is 0 Å². The first-order valence-corrected chi connectivity index (χ1v) is 13.4. The standard InChI is InChI=1S/C27H44O9/c1-13(28)27(34)11-8-18-16-5-4-14-12-15(6-9-25(14,2)17(16)7-10-26(18,27)3)35-24-21(31)19(29)20(30)22(36-24)23(32)33/h13-22,24,28-31,34H,4-12H2,1-3H3,(H,32,33)/t13?,14-,15-,16-,17+,18+,19+,20+,21-,22+,24-,25+,26+,27+/m1/s1/i1D3,13D. The van der Waals surface area contributed by atoms with E-state index in [0.29, 0.717) is 31.6 Å². The molecule has 1 heterocycles. The first kappa shape index (κ1) is 22.1. The molecule has 0 bridgehead atoms. The van der Waals surface area contributed by atoms with Crippen molar-refractivity contribution in [3.05, 3.63) is 0 Å². The number of carboxylic acids is 1. The van der Waals surface area contributed by atoms with Crippen LogP contribution in [-0.4, -0.2) is 85.1 Å². The molecule has 0 aromatic carbocycles. The van der Waals surface area contributed by atoms with Gasteiger partial charge in [-0.2, -0.15) is 0 Å². The first-order valence-electron chi connectivity index (χ1n) is 15.4. The van der Waals surface area contributed by atoms with Crippen LogP contribution in [0.4, 0.5) is 0 Å². The van der Waals surface area contributed by atoms with Crippen molar-refractivity contribution in [2.75, 3.05) is 0 Å². The molecule has 9 heteroatoms. The normalized spacial score (nSPS) is 58.6. The third-order valence-electron chi connectivity index (χ3n) is 11.3. The first-order chi connectivity index (χ1) is 18.4. The minimum Gasteiger partial charge on any atom is -0.479 e. The summed E-state index contributed by atoms with van der Waals surface area (Å²) in [5, 5.41) is 62.4. The van der Waals surface area contributed by atoms with E-state index in [1.54, 1.807) is 0 Å². The monoisotopic (exact) mass is 516 g/mol. The van der Waals surface area contributed by atoms with E-state index in [1.165, 1.54) is 0 Å². The van der Waals surface area contributed by atoms with Gasteiger partial charge in [0, 0.05) is 9.53 Å². The summed E-state index contributed by atoms with van der Waals surface area (Å²) in [7, 11) is 0. The number of fused-ring (bicyclic) bond motifs is 5. The van der Waals surface area contributed by atoms with Gasteiger partial charge in [0.15, 0.2) is 12.4 Å². The molecule has 0 radical (unpaired) electrons.